The fraction of sp³-hybridized carbons (Fsp3) is 0.440. The number of nitrogens with one attached hydrogen (secondary N) is 1. The van der Waals surface area contributed by atoms with Gasteiger partial charge >= 0.3 is 6.09 Å². The number of rotatable bonds is 5. The summed E-state index contributed by atoms with van der Waals surface area (Å²) in [6.45, 7) is 7.05. The van der Waals surface area contributed by atoms with Crippen LogP contribution in [0.1, 0.15) is 44.4 Å². The van der Waals surface area contributed by atoms with Gasteiger partial charge in [-0.25, -0.2) is 4.79 Å². The third-order valence-electron chi connectivity index (χ3n) is 6.30. The lowest BCUT2D eigenvalue weighted by Crippen LogP contribution is -2.50. The number of ether oxygens (including phenoxy) is 3. The van der Waals surface area contributed by atoms with Crippen LogP contribution < -0.4 is 15.0 Å². The Hall–Kier alpha value is -3.06. The van der Waals surface area contributed by atoms with Crippen molar-refractivity contribution in [3.8, 4) is 5.75 Å². The fourth-order valence-corrected chi connectivity index (χ4v) is 4.45. The van der Waals surface area contributed by atoms with Crippen molar-refractivity contribution in [3.05, 3.63) is 59.7 Å². The van der Waals surface area contributed by atoms with Gasteiger partial charge in [-0.05, 0) is 30.7 Å². The van der Waals surface area contributed by atoms with Crippen LogP contribution in [0.25, 0.3) is 0 Å². The fourth-order valence-electron chi connectivity index (χ4n) is 4.45. The number of amides is 2. The number of benzene rings is 2. The van der Waals surface area contributed by atoms with Crippen molar-refractivity contribution in [1.82, 2.24) is 5.32 Å². The second kappa shape index (κ2) is 9.61. The van der Waals surface area contributed by atoms with Crippen LogP contribution in [0, 0.1) is 5.92 Å². The molecular formula is C25H30N2O5. The minimum absolute atomic E-state index is 0.0131. The number of alkyl carbamates (subject to hydrolysis) is 1. The van der Waals surface area contributed by atoms with E-state index in [1.54, 1.807) is 11.8 Å². The molecule has 0 saturated carbocycles. The first-order valence-electron chi connectivity index (χ1n) is 11.1. The predicted molar refractivity (Wildman–Crippen MR) is 121 cm³/mol. The summed E-state index contributed by atoms with van der Waals surface area (Å²) in [4.78, 5) is 26.9. The Balaban J connectivity index is 1.57. The van der Waals surface area contributed by atoms with Gasteiger partial charge in [-0.15, -0.1) is 0 Å². The molecule has 1 N–H and O–H groups in total. The van der Waals surface area contributed by atoms with E-state index < -0.39 is 6.09 Å². The van der Waals surface area contributed by atoms with E-state index in [1.807, 2.05) is 62.4 Å². The second-order valence-corrected chi connectivity index (χ2v) is 8.50. The molecule has 4 rings (SSSR count). The Labute approximate surface area is 188 Å². The topological polar surface area (TPSA) is 77.1 Å². The Kier molecular flexibility index (Phi) is 6.65. The largest absolute Gasteiger partial charge is 0.488 e. The molecule has 1 saturated heterocycles. The molecule has 32 heavy (non-hydrogen) atoms. The smallest absolute Gasteiger partial charge is 0.407 e. The van der Waals surface area contributed by atoms with Crippen molar-refractivity contribution >= 4 is 17.7 Å². The van der Waals surface area contributed by atoms with Gasteiger partial charge in [0.05, 0.1) is 19.3 Å². The summed E-state index contributed by atoms with van der Waals surface area (Å²) >= 11 is 0. The number of nitrogens with zero attached hydrogens (tertiary/aromatic N) is 1. The Morgan fingerprint density at radius 2 is 1.94 bits per heavy atom. The van der Waals surface area contributed by atoms with Crippen molar-refractivity contribution in [2.75, 3.05) is 18.1 Å². The van der Waals surface area contributed by atoms with Crippen LogP contribution in [0.5, 0.6) is 5.75 Å². The summed E-state index contributed by atoms with van der Waals surface area (Å²) in [6, 6.07) is 14.9. The lowest BCUT2D eigenvalue weighted by atomic mass is 9.82. The molecule has 7 nitrogen and oxygen atoms in total. The quantitative estimate of drug-likeness (QED) is 0.757. The third-order valence-corrected chi connectivity index (χ3v) is 6.30. The Morgan fingerprint density at radius 3 is 2.62 bits per heavy atom. The van der Waals surface area contributed by atoms with Crippen LogP contribution in [0.2, 0.25) is 0 Å². The van der Waals surface area contributed by atoms with Gasteiger partial charge < -0.3 is 24.4 Å². The van der Waals surface area contributed by atoms with Gasteiger partial charge in [0.25, 0.3) is 0 Å². The number of hydrogen-bond donors (Lipinski definition) is 1. The molecule has 2 heterocycles. The summed E-state index contributed by atoms with van der Waals surface area (Å²) in [7, 11) is 0. The summed E-state index contributed by atoms with van der Waals surface area (Å²) in [5, 5.41) is 3.03. The van der Waals surface area contributed by atoms with Crippen LogP contribution in [0.3, 0.4) is 0 Å². The molecule has 170 valence electrons. The lowest BCUT2D eigenvalue weighted by molar-refractivity contribution is -0.117. The van der Waals surface area contributed by atoms with Crippen LogP contribution in [0.4, 0.5) is 10.5 Å². The summed E-state index contributed by atoms with van der Waals surface area (Å²) < 4.78 is 17.0. The average molecular weight is 439 g/mol. The van der Waals surface area contributed by atoms with Crippen LogP contribution in [-0.2, 0) is 20.9 Å². The Bertz CT molecular complexity index is 958. The van der Waals surface area contributed by atoms with Crippen LogP contribution in [0.15, 0.2) is 48.5 Å². The molecule has 2 aliphatic heterocycles. The van der Waals surface area contributed by atoms with Gasteiger partial charge in [0.1, 0.15) is 18.5 Å². The number of carbonyl (C=O) groups is 2. The van der Waals surface area contributed by atoms with Crippen molar-refractivity contribution < 1.29 is 23.8 Å². The van der Waals surface area contributed by atoms with Gasteiger partial charge in [-0.1, -0.05) is 37.3 Å². The first-order valence-corrected chi connectivity index (χ1v) is 11.1. The Morgan fingerprint density at radius 1 is 1.16 bits per heavy atom. The van der Waals surface area contributed by atoms with E-state index in [0.717, 1.165) is 23.2 Å². The van der Waals surface area contributed by atoms with Crippen molar-refractivity contribution in [1.29, 1.82) is 0 Å². The monoisotopic (exact) mass is 438 g/mol. The molecule has 7 heteroatoms. The zero-order valence-corrected chi connectivity index (χ0v) is 18.7. The molecule has 0 aromatic heterocycles. The highest BCUT2D eigenvalue weighted by Gasteiger charge is 2.39. The van der Waals surface area contributed by atoms with Crippen LogP contribution in [-0.4, -0.2) is 37.4 Å². The summed E-state index contributed by atoms with van der Waals surface area (Å²) in [5.41, 5.74) is 2.55. The van der Waals surface area contributed by atoms with Gasteiger partial charge in [-0.2, -0.15) is 0 Å². The zero-order chi connectivity index (χ0) is 22.7. The van der Waals surface area contributed by atoms with E-state index in [-0.39, 0.29) is 36.6 Å². The van der Waals surface area contributed by atoms with E-state index in [9.17, 15) is 9.59 Å². The maximum atomic E-state index is 12.7. The van der Waals surface area contributed by atoms with Crippen molar-refractivity contribution in [3.63, 3.8) is 0 Å². The minimum Gasteiger partial charge on any atom is -0.488 e. The van der Waals surface area contributed by atoms with Crippen molar-refractivity contribution in [2.24, 2.45) is 5.92 Å². The van der Waals surface area contributed by atoms with Crippen molar-refractivity contribution in [2.45, 2.75) is 52.0 Å². The number of hydrogen-bond acceptors (Lipinski definition) is 5. The minimum atomic E-state index is -0.490. The van der Waals surface area contributed by atoms with Crippen LogP contribution >= 0.6 is 0 Å². The highest BCUT2D eigenvalue weighted by Crippen LogP contribution is 2.42. The molecule has 2 aromatic rings. The zero-order valence-electron chi connectivity index (χ0n) is 18.7. The highest BCUT2D eigenvalue weighted by atomic mass is 16.6. The van der Waals surface area contributed by atoms with E-state index in [4.69, 9.17) is 14.2 Å². The molecule has 2 aromatic carbocycles. The lowest BCUT2D eigenvalue weighted by Gasteiger charge is -2.43. The summed E-state index contributed by atoms with van der Waals surface area (Å²) in [6.07, 6.45) is 0.368. The average Bonchev–Trinajstić information content (AvgIpc) is 3.29. The second-order valence-electron chi connectivity index (χ2n) is 8.50. The first-order chi connectivity index (χ1) is 15.4. The normalized spacial score (nSPS) is 24.5. The van der Waals surface area contributed by atoms with E-state index in [0.29, 0.717) is 19.0 Å². The maximum absolute atomic E-state index is 12.7. The van der Waals surface area contributed by atoms with Gasteiger partial charge in [0.15, 0.2) is 0 Å². The molecule has 2 amide bonds. The first kappa shape index (κ1) is 22.1. The molecule has 0 spiro atoms. The standard InChI is InChI=1S/C25H30N2O5/c1-16-17(2)27(18(3)28)23-10-9-20(32-21-11-12-30-15-21)13-22(23)24(16)26-25(29)31-14-19-7-5-4-6-8-19/h4-10,13,16-17,21,24H,11-12,14-15H2,1-3H3,(H,26,29)/t16-,17-,21?,24+/m0/s1. The molecule has 0 radical (unpaired) electrons. The number of anilines is 1. The summed E-state index contributed by atoms with van der Waals surface area (Å²) in [5.74, 6) is 0.642. The predicted octanol–water partition coefficient (Wildman–Crippen LogP) is 4.21. The third kappa shape index (κ3) is 4.72. The molecule has 0 bridgehead atoms. The van der Waals surface area contributed by atoms with E-state index >= 15 is 0 Å². The molecule has 1 fully saturated rings. The highest BCUT2D eigenvalue weighted by molar-refractivity contribution is 5.94. The molecular weight excluding hydrogens is 408 g/mol. The van der Waals surface area contributed by atoms with Gasteiger partial charge in [-0.3, -0.25) is 4.79 Å². The molecule has 0 aliphatic carbocycles. The van der Waals surface area contributed by atoms with Gasteiger partial charge in [0.2, 0.25) is 5.91 Å². The van der Waals surface area contributed by atoms with E-state index in [1.165, 1.54) is 0 Å². The maximum Gasteiger partial charge on any atom is 0.407 e. The number of carbonyl (C=O) groups excluding carboxylic acids is 2. The van der Waals surface area contributed by atoms with E-state index in [2.05, 4.69) is 5.32 Å². The molecule has 1 unspecified atom stereocenters. The SMILES string of the molecule is CC(=O)N1c2ccc(OC3CCOC3)cc2[C@H](NC(=O)OCc2ccccc2)[C@@H](C)[C@@H]1C. The molecule has 2 aliphatic rings. The van der Waals surface area contributed by atoms with Gasteiger partial charge in [0, 0.05) is 36.6 Å². The molecule has 4 atom stereocenters. The number of fused-ring (bicyclic) bond motifs is 1.